The Bertz CT molecular complexity index is 468. The van der Waals surface area contributed by atoms with Crippen molar-refractivity contribution in [2.24, 2.45) is 13.0 Å². The molecule has 5 heteroatoms. The molecular formula is C13H20N4O. The van der Waals surface area contributed by atoms with Crippen LogP contribution in [0, 0.1) is 12.8 Å². The first-order chi connectivity index (χ1) is 8.65. The normalized spacial score (nSPS) is 27.3. The third-order valence-corrected chi connectivity index (χ3v) is 4.16. The first-order valence-corrected chi connectivity index (χ1v) is 6.68. The summed E-state index contributed by atoms with van der Waals surface area (Å²) in [5.41, 5.74) is 1.61. The number of rotatable bonds is 1. The molecule has 98 valence electrons. The Hall–Kier alpha value is -1.36. The SMILES string of the molecule is Cc1cc(C(=O)N2CCC3NCCC3C2)n(C)n1. The van der Waals surface area contributed by atoms with Crippen molar-refractivity contribution >= 4 is 5.91 Å². The number of hydrogen-bond acceptors (Lipinski definition) is 3. The fourth-order valence-electron chi connectivity index (χ4n) is 3.20. The molecule has 3 heterocycles. The molecule has 5 nitrogen and oxygen atoms in total. The van der Waals surface area contributed by atoms with Crippen molar-refractivity contribution in [2.75, 3.05) is 19.6 Å². The zero-order valence-corrected chi connectivity index (χ0v) is 11.0. The maximum Gasteiger partial charge on any atom is 0.272 e. The number of likely N-dealkylation sites (tertiary alicyclic amines) is 1. The van der Waals surface area contributed by atoms with Crippen LogP contribution in [0.3, 0.4) is 0 Å². The predicted molar refractivity (Wildman–Crippen MR) is 68.4 cm³/mol. The van der Waals surface area contributed by atoms with E-state index in [1.807, 2.05) is 24.9 Å². The Kier molecular flexibility index (Phi) is 2.86. The predicted octanol–water partition coefficient (Wildman–Crippen LogP) is 0.553. The molecule has 1 N–H and O–H groups in total. The van der Waals surface area contributed by atoms with Crippen LogP contribution in [0.1, 0.15) is 29.0 Å². The highest BCUT2D eigenvalue weighted by Gasteiger charge is 2.35. The van der Waals surface area contributed by atoms with Gasteiger partial charge in [0.1, 0.15) is 5.69 Å². The summed E-state index contributed by atoms with van der Waals surface area (Å²) in [5, 5.41) is 7.77. The van der Waals surface area contributed by atoms with Gasteiger partial charge in [0, 0.05) is 26.2 Å². The van der Waals surface area contributed by atoms with Crippen LogP contribution >= 0.6 is 0 Å². The lowest BCUT2D eigenvalue weighted by Gasteiger charge is -2.34. The molecule has 2 aliphatic heterocycles. The van der Waals surface area contributed by atoms with Crippen LogP contribution in [0.25, 0.3) is 0 Å². The lowest BCUT2D eigenvalue weighted by molar-refractivity contribution is 0.0651. The summed E-state index contributed by atoms with van der Waals surface area (Å²) in [5.74, 6) is 0.764. The van der Waals surface area contributed by atoms with Crippen molar-refractivity contribution in [1.29, 1.82) is 0 Å². The summed E-state index contributed by atoms with van der Waals surface area (Å²) in [6.45, 7) is 4.77. The molecule has 2 saturated heterocycles. The highest BCUT2D eigenvalue weighted by molar-refractivity contribution is 5.92. The number of amides is 1. The van der Waals surface area contributed by atoms with Crippen LogP contribution in [-0.2, 0) is 7.05 Å². The number of fused-ring (bicyclic) bond motifs is 1. The van der Waals surface area contributed by atoms with E-state index in [0.717, 1.165) is 31.7 Å². The van der Waals surface area contributed by atoms with Gasteiger partial charge in [-0.1, -0.05) is 0 Å². The van der Waals surface area contributed by atoms with Gasteiger partial charge in [0.2, 0.25) is 0 Å². The first kappa shape index (κ1) is 11.7. The summed E-state index contributed by atoms with van der Waals surface area (Å²) < 4.78 is 1.69. The summed E-state index contributed by atoms with van der Waals surface area (Å²) >= 11 is 0. The van der Waals surface area contributed by atoms with E-state index in [1.54, 1.807) is 4.68 Å². The molecule has 1 aromatic heterocycles. The number of nitrogens with zero attached hydrogens (tertiary/aromatic N) is 3. The summed E-state index contributed by atoms with van der Waals surface area (Å²) in [6.07, 6.45) is 2.27. The minimum absolute atomic E-state index is 0.128. The molecule has 0 aliphatic carbocycles. The lowest BCUT2D eigenvalue weighted by Crippen LogP contribution is -2.47. The van der Waals surface area contributed by atoms with E-state index in [-0.39, 0.29) is 5.91 Å². The Morgan fingerprint density at radius 1 is 1.50 bits per heavy atom. The van der Waals surface area contributed by atoms with Crippen molar-refractivity contribution in [3.05, 3.63) is 17.5 Å². The van der Waals surface area contributed by atoms with E-state index in [1.165, 1.54) is 6.42 Å². The van der Waals surface area contributed by atoms with Crippen molar-refractivity contribution in [3.8, 4) is 0 Å². The maximum atomic E-state index is 12.5. The number of carbonyl (C=O) groups excluding carboxylic acids is 1. The molecule has 0 bridgehead atoms. The second kappa shape index (κ2) is 4.39. The molecule has 0 saturated carbocycles. The van der Waals surface area contributed by atoms with E-state index in [2.05, 4.69) is 10.4 Å². The van der Waals surface area contributed by atoms with Crippen LogP contribution in [-0.4, -0.2) is 46.3 Å². The van der Waals surface area contributed by atoms with Crippen molar-refractivity contribution in [2.45, 2.75) is 25.8 Å². The second-order valence-corrected chi connectivity index (χ2v) is 5.44. The molecule has 1 amide bonds. The van der Waals surface area contributed by atoms with Gasteiger partial charge in [-0.05, 0) is 38.3 Å². The number of aromatic nitrogens is 2. The minimum Gasteiger partial charge on any atom is -0.337 e. The Labute approximate surface area is 107 Å². The number of nitrogens with one attached hydrogen (secondary N) is 1. The van der Waals surface area contributed by atoms with Crippen molar-refractivity contribution < 1.29 is 4.79 Å². The third kappa shape index (κ3) is 1.92. The largest absolute Gasteiger partial charge is 0.337 e. The molecular weight excluding hydrogens is 228 g/mol. The van der Waals surface area contributed by atoms with Gasteiger partial charge in [-0.15, -0.1) is 0 Å². The van der Waals surface area contributed by atoms with Gasteiger partial charge in [0.25, 0.3) is 5.91 Å². The van der Waals surface area contributed by atoms with Gasteiger partial charge in [-0.25, -0.2) is 0 Å². The highest BCUT2D eigenvalue weighted by atomic mass is 16.2. The van der Waals surface area contributed by atoms with Crippen LogP contribution in [0.15, 0.2) is 6.07 Å². The van der Waals surface area contributed by atoms with Crippen molar-refractivity contribution in [1.82, 2.24) is 20.0 Å². The standard InChI is InChI=1S/C13H20N4O/c1-9-7-12(16(2)15-9)13(18)17-6-4-11-10(8-17)3-5-14-11/h7,10-11,14H,3-6,8H2,1-2H3. The number of hydrogen-bond donors (Lipinski definition) is 1. The Morgan fingerprint density at radius 3 is 3.06 bits per heavy atom. The molecule has 0 radical (unpaired) electrons. The Morgan fingerprint density at radius 2 is 2.33 bits per heavy atom. The van der Waals surface area contributed by atoms with Gasteiger partial charge in [0.05, 0.1) is 5.69 Å². The fraction of sp³-hybridized carbons (Fsp3) is 0.692. The summed E-state index contributed by atoms with van der Waals surface area (Å²) in [7, 11) is 1.84. The highest BCUT2D eigenvalue weighted by Crippen LogP contribution is 2.25. The smallest absolute Gasteiger partial charge is 0.272 e. The van der Waals surface area contributed by atoms with Crippen molar-refractivity contribution in [3.63, 3.8) is 0 Å². The first-order valence-electron chi connectivity index (χ1n) is 6.68. The van der Waals surface area contributed by atoms with E-state index in [0.29, 0.717) is 17.7 Å². The zero-order chi connectivity index (χ0) is 12.7. The number of piperidine rings is 1. The number of carbonyl (C=O) groups is 1. The molecule has 2 atom stereocenters. The number of aryl methyl sites for hydroxylation is 2. The molecule has 2 aliphatic rings. The quantitative estimate of drug-likeness (QED) is 0.789. The van der Waals surface area contributed by atoms with Gasteiger partial charge in [0.15, 0.2) is 0 Å². The van der Waals surface area contributed by atoms with Gasteiger partial charge in [-0.3, -0.25) is 9.48 Å². The average Bonchev–Trinajstić information content (AvgIpc) is 2.93. The van der Waals surface area contributed by atoms with Gasteiger partial charge in [-0.2, -0.15) is 5.10 Å². The van der Waals surface area contributed by atoms with E-state index >= 15 is 0 Å². The van der Waals surface area contributed by atoms with Gasteiger partial charge < -0.3 is 10.2 Å². The third-order valence-electron chi connectivity index (χ3n) is 4.16. The molecule has 0 aromatic carbocycles. The molecule has 3 rings (SSSR count). The Balaban J connectivity index is 1.75. The topological polar surface area (TPSA) is 50.2 Å². The average molecular weight is 248 g/mol. The molecule has 2 unspecified atom stereocenters. The summed E-state index contributed by atoms with van der Waals surface area (Å²) in [4.78, 5) is 14.5. The van der Waals surface area contributed by atoms with Crippen LogP contribution in [0.4, 0.5) is 0 Å². The van der Waals surface area contributed by atoms with Crippen LogP contribution < -0.4 is 5.32 Å². The van der Waals surface area contributed by atoms with E-state index in [4.69, 9.17) is 0 Å². The lowest BCUT2D eigenvalue weighted by atomic mass is 9.93. The molecule has 18 heavy (non-hydrogen) atoms. The van der Waals surface area contributed by atoms with E-state index in [9.17, 15) is 4.79 Å². The monoisotopic (exact) mass is 248 g/mol. The second-order valence-electron chi connectivity index (χ2n) is 5.44. The van der Waals surface area contributed by atoms with Crippen LogP contribution in [0.5, 0.6) is 0 Å². The maximum absolute atomic E-state index is 12.5. The molecule has 0 spiro atoms. The van der Waals surface area contributed by atoms with E-state index < -0.39 is 0 Å². The van der Waals surface area contributed by atoms with Crippen LogP contribution in [0.2, 0.25) is 0 Å². The molecule has 1 aromatic rings. The molecule has 2 fully saturated rings. The summed E-state index contributed by atoms with van der Waals surface area (Å²) in [6, 6.07) is 2.50. The zero-order valence-electron chi connectivity index (χ0n) is 11.0. The minimum atomic E-state index is 0.128. The fourth-order valence-corrected chi connectivity index (χ4v) is 3.20. The van der Waals surface area contributed by atoms with Gasteiger partial charge >= 0.3 is 0 Å².